The number of thiophene rings is 1. The summed E-state index contributed by atoms with van der Waals surface area (Å²) >= 11 is 4.86. The monoisotopic (exact) mass is 298 g/mol. The van der Waals surface area contributed by atoms with Gasteiger partial charge in [0.15, 0.2) is 0 Å². The van der Waals surface area contributed by atoms with Crippen LogP contribution in [0.2, 0.25) is 0 Å². The van der Waals surface area contributed by atoms with Gasteiger partial charge in [-0.1, -0.05) is 0 Å². The first kappa shape index (κ1) is 11.4. The van der Waals surface area contributed by atoms with Gasteiger partial charge >= 0.3 is 0 Å². The van der Waals surface area contributed by atoms with E-state index in [4.69, 9.17) is 0 Å². The molecule has 0 radical (unpaired) electrons. The van der Waals surface area contributed by atoms with E-state index in [1.807, 2.05) is 31.5 Å². The molecule has 0 saturated heterocycles. The van der Waals surface area contributed by atoms with Crippen molar-refractivity contribution in [3.8, 4) is 0 Å². The maximum absolute atomic E-state index is 11.8. The van der Waals surface area contributed by atoms with Gasteiger partial charge in [0, 0.05) is 18.9 Å². The fourth-order valence-electron chi connectivity index (χ4n) is 1.31. The molecule has 16 heavy (non-hydrogen) atoms. The van der Waals surface area contributed by atoms with Crippen LogP contribution in [-0.4, -0.2) is 10.9 Å². The Morgan fingerprint density at radius 2 is 2.44 bits per heavy atom. The molecule has 1 amide bonds. The van der Waals surface area contributed by atoms with Crippen LogP contribution in [0, 0.1) is 6.92 Å². The zero-order chi connectivity index (χ0) is 11.5. The van der Waals surface area contributed by atoms with Crippen molar-refractivity contribution < 1.29 is 4.79 Å². The molecule has 0 spiro atoms. The lowest BCUT2D eigenvalue weighted by molar-refractivity contribution is 0.0955. The molecular formula is C11H11BrN2OS. The summed E-state index contributed by atoms with van der Waals surface area (Å²) in [5, 5.41) is 2.87. The first-order chi connectivity index (χ1) is 7.66. The number of H-pyrrole nitrogens is 1. The maximum atomic E-state index is 11.8. The van der Waals surface area contributed by atoms with Crippen LogP contribution in [0.4, 0.5) is 0 Å². The van der Waals surface area contributed by atoms with Crippen molar-refractivity contribution in [1.29, 1.82) is 0 Å². The first-order valence-electron chi connectivity index (χ1n) is 4.82. The van der Waals surface area contributed by atoms with Crippen molar-refractivity contribution in [3.05, 3.63) is 44.3 Å². The fraction of sp³-hybridized carbons (Fsp3) is 0.182. The second-order valence-corrected chi connectivity index (χ2v) is 5.84. The van der Waals surface area contributed by atoms with Crippen LogP contribution in [-0.2, 0) is 6.54 Å². The highest BCUT2D eigenvalue weighted by molar-refractivity contribution is 9.11. The highest BCUT2D eigenvalue weighted by Gasteiger charge is 2.10. The van der Waals surface area contributed by atoms with Crippen molar-refractivity contribution >= 4 is 33.2 Å². The predicted octanol–water partition coefficient (Wildman–Crippen LogP) is 3.08. The number of nitrogens with one attached hydrogen (secondary N) is 2. The van der Waals surface area contributed by atoms with E-state index in [0.717, 1.165) is 19.8 Å². The first-order valence-corrected chi connectivity index (χ1v) is 6.43. The van der Waals surface area contributed by atoms with Crippen LogP contribution in [0.3, 0.4) is 0 Å². The van der Waals surface area contributed by atoms with E-state index in [1.54, 1.807) is 0 Å². The molecule has 0 aliphatic rings. The molecule has 0 aromatic carbocycles. The number of hydrogen-bond donors (Lipinski definition) is 2. The number of halogens is 1. The summed E-state index contributed by atoms with van der Waals surface area (Å²) in [7, 11) is 0. The number of rotatable bonds is 3. The third kappa shape index (κ3) is 2.54. The van der Waals surface area contributed by atoms with Crippen molar-refractivity contribution in [2.24, 2.45) is 0 Å². The van der Waals surface area contributed by atoms with Crippen LogP contribution >= 0.6 is 27.3 Å². The van der Waals surface area contributed by atoms with Gasteiger partial charge in [0.25, 0.3) is 5.91 Å². The molecule has 2 heterocycles. The van der Waals surface area contributed by atoms with Crippen LogP contribution < -0.4 is 5.32 Å². The van der Waals surface area contributed by atoms with Gasteiger partial charge in [-0.2, -0.15) is 0 Å². The zero-order valence-electron chi connectivity index (χ0n) is 8.71. The van der Waals surface area contributed by atoms with Crippen LogP contribution in [0.15, 0.2) is 28.3 Å². The Morgan fingerprint density at radius 1 is 1.62 bits per heavy atom. The fourth-order valence-corrected chi connectivity index (χ4v) is 2.76. The topological polar surface area (TPSA) is 44.9 Å². The number of carbonyl (C=O) groups excluding carboxylic acids is 1. The minimum Gasteiger partial charge on any atom is -0.367 e. The summed E-state index contributed by atoms with van der Waals surface area (Å²) in [4.78, 5) is 15.5. The quantitative estimate of drug-likeness (QED) is 0.899. The molecule has 0 unspecified atom stereocenters. The smallest absolute Gasteiger partial charge is 0.261 e. The van der Waals surface area contributed by atoms with E-state index in [-0.39, 0.29) is 5.91 Å². The van der Waals surface area contributed by atoms with E-state index < -0.39 is 0 Å². The lowest BCUT2D eigenvalue weighted by Gasteiger charge is -2.00. The molecule has 2 rings (SSSR count). The third-order valence-electron chi connectivity index (χ3n) is 2.20. The molecule has 5 heteroatoms. The van der Waals surface area contributed by atoms with Gasteiger partial charge in [-0.05, 0) is 46.1 Å². The van der Waals surface area contributed by atoms with Gasteiger partial charge in [0.2, 0.25) is 0 Å². The largest absolute Gasteiger partial charge is 0.367 e. The highest BCUT2D eigenvalue weighted by atomic mass is 79.9. The van der Waals surface area contributed by atoms with Gasteiger partial charge in [-0.15, -0.1) is 11.3 Å². The van der Waals surface area contributed by atoms with Crippen molar-refractivity contribution in [3.63, 3.8) is 0 Å². The zero-order valence-corrected chi connectivity index (χ0v) is 11.1. The second-order valence-electron chi connectivity index (χ2n) is 3.47. The SMILES string of the molecule is Cc1cc(C(=O)NCc2cc[nH]c2)sc1Br. The Morgan fingerprint density at radius 3 is 3.00 bits per heavy atom. The van der Waals surface area contributed by atoms with Gasteiger partial charge in [-0.25, -0.2) is 0 Å². The molecule has 0 bridgehead atoms. The molecule has 0 fully saturated rings. The van der Waals surface area contributed by atoms with Crippen molar-refractivity contribution in [2.75, 3.05) is 0 Å². The number of aromatic nitrogens is 1. The van der Waals surface area contributed by atoms with Crippen LogP contribution in [0.1, 0.15) is 20.8 Å². The van der Waals surface area contributed by atoms with Crippen molar-refractivity contribution in [1.82, 2.24) is 10.3 Å². The average Bonchev–Trinajstić information content (AvgIpc) is 2.86. The van der Waals surface area contributed by atoms with Gasteiger partial charge < -0.3 is 10.3 Å². The lowest BCUT2D eigenvalue weighted by atomic mass is 10.3. The Hall–Kier alpha value is -1.07. The van der Waals surface area contributed by atoms with Gasteiger partial charge in [0.05, 0.1) is 8.66 Å². The lowest BCUT2D eigenvalue weighted by Crippen LogP contribution is -2.21. The van der Waals surface area contributed by atoms with E-state index in [2.05, 4.69) is 26.2 Å². The summed E-state index contributed by atoms with van der Waals surface area (Å²) in [6, 6.07) is 3.83. The standard InChI is InChI=1S/C11H11BrN2OS/c1-7-4-9(16-10(7)12)11(15)14-6-8-2-3-13-5-8/h2-5,13H,6H2,1H3,(H,14,15). The molecule has 0 saturated carbocycles. The summed E-state index contributed by atoms with van der Waals surface area (Å²) < 4.78 is 1.01. The summed E-state index contributed by atoms with van der Waals surface area (Å²) in [5.41, 5.74) is 2.16. The maximum Gasteiger partial charge on any atom is 0.261 e. The molecule has 3 nitrogen and oxygen atoms in total. The Balaban J connectivity index is 1.98. The Kier molecular flexibility index (Phi) is 3.46. The summed E-state index contributed by atoms with van der Waals surface area (Å²) in [6.07, 6.45) is 3.71. The van der Waals surface area contributed by atoms with Crippen molar-refractivity contribution in [2.45, 2.75) is 13.5 Å². The van der Waals surface area contributed by atoms with E-state index in [1.165, 1.54) is 11.3 Å². The van der Waals surface area contributed by atoms with Gasteiger partial charge in [-0.3, -0.25) is 4.79 Å². The van der Waals surface area contributed by atoms with Crippen LogP contribution in [0.5, 0.6) is 0 Å². The highest BCUT2D eigenvalue weighted by Crippen LogP contribution is 2.27. The summed E-state index contributed by atoms with van der Waals surface area (Å²) in [5.74, 6) is -0.0278. The average molecular weight is 299 g/mol. The number of carbonyl (C=O) groups is 1. The van der Waals surface area contributed by atoms with E-state index in [0.29, 0.717) is 6.54 Å². The molecule has 2 aromatic heterocycles. The molecule has 0 aliphatic heterocycles. The summed E-state index contributed by atoms with van der Waals surface area (Å²) in [6.45, 7) is 2.53. The molecule has 0 atom stereocenters. The minimum absolute atomic E-state index is 0.0278. The second kappa shape index (κ2) is 4.84. The molecule has 2 N–H and O–H groups in total. The number of hydrogen-bond acceptors (Lipinski definition) is 2. The third-order valence-corrected chi connectivity index (χ3v) is 4.33. The normalized spacial score (nSPS) is 10.4. The molecule has 0 aliphatic carbocycles. The Bertz CT molecular complexity index is 471. The Labute approximate surface area is 106 Å². The minimum atomic E-state index is -0.0278. The number of aromatic amines is 1. The van der Waals surface area contributed by atoms with E-state index in [9.17, 15) is 4.79 Å². The van der Waals surface area contributed by atoms with Crippen LogP contribution in [0.25, 0.3) is 0 Å². The number of amides is 1. The molecular weight excluding hydrogens is 288 g/mol. The van der Waals surface area contributed by atoms with E-state index >= 15 is 0 Å². The molecule has 2 aromatic rings. The number of aryl methyl sites for hydroxylation is 1. The van der Waals surface area contributed by atoms with Gasteiger partial charge in [0.1, 0.15) is 0 Å². The molecule has 84 valence electrons. The predicted molar refractivity (Wildman–Crippen MR) is 68.7 cm³/mol.